The minimum atomic E-state index is -4.88. The predicted molar refractivity (Wildman–Crippen MR) is 111 cm³/mol. The van der Waals surface area contributed by atoms with Gasteiger partial charge >= 0.3 is 11.9 Å². The fourth-order valence-corrected chi connectivity index (χ4v) is 4.31. The Kier molecular flexibility index (Phi) is 5.82. The van der Waals surface area contributed by atoms with Gasteiger partial charge in [0, 0.05) is 28.8 Å². The molecular weight excluding hydrogens is 436 g/mol. The van der Waals surface area contributed by atoms with Crippen molar-refractivity contribution in [2.24, 2.45) is 7.05 Å². The number of halogens is 4. The number of nitrogens with zero attached hydrogens (tertiary/aromatic N) is 2. The maximum absolute atomic E-state index is 14.9. The van der Waals surface area contributed by atoms with Gasteiger partial charge in [0.1, 0.15) is 19.6 Å². The molecular formula is C20H20F4N2O2SSi. The van der Waals surface area contributed by atoms with Gasteiger partial charge in [0.2, 0.25) is 0 Å². The molecule has 1 aromatic heterocycles. The number of hydrogen-bond donors (Lipinski definition) is 0. The molecule has 1 aliphatic rings. The van der Waals surface area contributed by atoms with Crippen LogP contribution in [0.25, 0.3) is 5.69 Å². The molecule has 1 saturated carbocycles. The summed E-state index contributed by atoms with van der Waals surface area (Å²) in [4.78, 5) is 25.5. The van der Waals surface area contributed by atoms with Crippen LogP contribution < -0.4 is 11.2 Å². The molecule has 1 aromatic carbocycles. The van der Waals surface area contributed by atoms with E-state index in [9.17, 15) is 27.2 Å². The number of alkyl halides is 3. The fourth-order valence-electron chi connectivity index (χ4n) is 2.65. The van der Waals surface area contributed by atoms with Crippen molar-refractivity contribution < 1.29 is 17.6 Å². The van der Waals surface area contributed by atoms with Crippen molar-refractivity contribution >= 4 is 19.8 Å². The molecule has 4 nitrogen and oxygen atoms in total. The van der Waals surface area contributed by atoms with E-state index >= 15 is 0 Å². The van der Waals surface area contributed by atoms with Crippen molar-refractivity contribution in [3.8, 4) is 17.2 Å². The van der Waals surface area contributed by atoms with E-state index in [1.165, 1.54) is 17.8 Å². The normalized spacial score (nSPS) is 14.4. The molecule has 0 amide bonds. The second-order valence-corrected chi connectivity index (χ2v) is 14.3. The molecule has 0 unspecified atom stereocenters. The van der Waals surface area contributed by atoms with Crippen molar-refractivity contribution in [1.82, 2.24) is 9.13 Å². The van der Waals surface area contributed by atoms with E-state index < -0.39 is 37.0 Å². The van der Waals surface area contributed by atoms with Crippen LogP contribution in [0.5, 0.6) is 0 Å². The van der Waals surface area contributed by atoms with Gasteiger partial charge in [0.15, 0.2) is 0 Å². The zero-order chi connectivity index (χ0) is 22.4. The molecule has 1 aliphatic carbocycles. The zero-order valence-electron chi connectivity index (χ0n) is 16.9. The van der Waals surface area contributed by atoms with Crippen LogP contribution in [-0.4, -0.2) is 22.5 Å². The molecule has 0 atom stereocenters. The number of rotatable bonds is 3. The topological polar surface area (TPSA) is 44.0 Å². The van der Waals surface area contributed by atoms with E-state index in [2.05, 4.69) is 11.5 Å². The highest BCUT2D eigenvalue weighted by Gasteiger charge is 2.35. The predicted octanol–water partition coefficient (Wildman–Crippen LogP) is 4.18. The Morgan fingerprint density at radius 2 is 1.77 bits per heavy atom. The summed E-state index contributed by atoms with van der Waals surface area (Å²) in [5.41, 5.74) is -0.662. The van der Waals surface area contributed by atoms with Gasteiger partial charge in [0.05, 0.1) is 5.69 Å². The Morgan fingerprint density at radius 3 is 2.30 bits per heavy atom. The number of thioether (sulfide) groups is 1. The Hall–Kier alpha value is -2.25. The molecule has 1 heterocycles. The van der Waals surface area contributed by atoms with E-state index in [4.69, 9.17) is 0 Å². The Bertz CT molecular complexity index is 1180. The second-order valence-electron chi connectivity index (χ2n) is 8.16. The molecule has 160 valence electrons. The summed E-state index contributed by atoms with van der Waals surface area (Å²) >= 11 is 1.47. The van der Waals surface area contributed by atoms with Gasteiger partial charge in [-0.05, 0) is 25.0 Å². The molecule has 0 radical (unpaired) electrons. The summed E-state index contributed by atoms with van der Waals surface area (Å²) in [6.07, 6.45) is -2.91. The third-order valence-electron chi connectivity index (χ3n) is 4.29. The van der Waals surface area contributed by atoms with E-state index in [-0.39, 0.29) is 5.69 Å². The average molecular weight is 457 g/mol. The summed E-state index contributed by atoms with van der Waals surface area (Å²) in [5.74, 6) is 2.11. The highest BCUT2D eigenvalue weighted by molar-refractivity contribution is 8.00. The first-order valence-corrected chi connectivity index (χ1v) is 13.6. The summed E-state index contributed by atoms with van der Waals surface area (Å²) in [6, 6.07) is 2.78. The van der Waals surface area contributed by atoms with Crippen LogP contribution in [0.15, 0.2) is 32.7 Å². The Labute approximate surface area is 175 Å². The third kappa shape index (κ3) is 4.90. The quantitative estimate of drug-likeness (QED) is 0.396. The number of aromatic nitrogens is 2. The van der Waals surface area contributed by atoms with Gasteiger partial charge in [-0.25, -0.2) is 13.8 Å². The maximum atomic E-state index is 14.9. The van der Waals surface area contributed by atoms with Gasteiger partial charge < -0.3 is 0 Å². The molecule has 3 rings (SSSR count). The standard InChI is InChI=1S/C20H20F4N2O2SSi/c1-25-17(20(22,23)24)11-18(27)26(19(25)28)15-10-16(29-13-5-6-13)12(9-14(15)21)7-8-30(2,3)4/h9-11,13H,5-6H2,1-4H3. The van der Waals surface area contributed by atoms with Crippen molar-refractivity contribution in [3.63, 3.8) is 0 Å². The van der Waals surface area contributed by atoms with E-state index in [0.29, 0.717) is 30.9 Å². The first-order valence-electron chi connectivity index (χ1n) is 9.22. The molecule has 0 saturated heterocycles. The van der Waals surface area contributed by atoms with Crippen molar-refractivity contribution in [3.05, 3.63) is 56.1 Å². The monoisotopic (exact) mass is 456 g/mol. The summed E-state index contributed by atoms with van der Waals surface area (Å²) < 4.78 is 54.9. The molecule has 0 bridgehead atoms. The van der Waals surface area contributed by atoms with Gasteiger partial charge in [-0.3, -0.25) is 9.36 Å². The highest BCUT2D eigenvalue weighted by Crippen LogP contribution is 2.41. The van der Waals surface area contributed by atoms with Crippen LogP contribution in [0.3, 0.4) is 0 Å². The highest BCUT2D eigenvalue weighted by atomic mass is 32.2. The summed E-state index contributed by atoms with van der Waals surface area (Å²) in [6.45, 7) is 6.14. The molecule has 1 fully saturated rings. The Morgan fingerprint density at radius 1 is 1.13 bits per heavy atom. The first-order chi connectivity index (χ1) is 13.8. The number of benzene rings is 1. The third-order valence-corrected chi connectivity index (χ3v) is 6.56. The Balaban J connectivity index is 2.22. The lowest BCUT2D eigenvalue weighted by molar-refractivity contribution is -0.144. The minimum absolute atomic E-state index is 0.299. The van der Waals surface area contributed by atoms with Crippen LogP contribution in [0, 0.1) is 17.3 Å². The molecule has 2 aromatic rings. The van der Waals surface area contributed by atoms with Gasteiger partial charge in [0.25, 0.3) is 5.56 Å². The fraction of sp³-hybridized carbons (Fsp3) is 0.400. The van der Waals surface area contributed by atoms with Crippen LogP contribution in [0.4, 0.5) is 17.6 Å². The van der Waals surface area contributed by atoms with E-state index in [1.54, 1.807) is 0 Å². The van der Waals surface area contributed by atoms with E-state index in [0.717, 1.165) is 26.0 Å². The summed E-state index contributed by atoms with van der Waals surface area (Å²) in [5, 5.41) is 0.336. The van der Waals surface area contributed by atoms with Crippen molar-refractivity contribution in [2.75, 3.05) is 0 Å². The molecule has 0 spiro atoms. The SMILES string of the molecule is Cn1c(C(F)(F)F)cc(=O)n(-c2cc(SC3CC3)c(C#C[Si](C)(C)C)cc2F)c1=O. The maximum Gasteiger partial charge on any atom is 0.431 e. The zero-order valence-corrected chi connectivity index (χ0v) is 18.7. The molecule has 10 heteroatoms. The van der Waals surface area contributed by atoms with Gasteiger partial charge in [-0.2, -0.15) is 13.2 Å². The second kappa shape index (κ2) is 7.78. The van der Waals surface area contributed by atoms with Crippen LogP contribution in [-0.2, 0) is 13.2 Å². The van der Waals surface area contributed by atoms with Crippen molar-refractivity contribution in [2.45, 2.75) is 48.8 Å². The average Bonchev–Trinajstić information content (AvgIpc) is 3.41. The van der Waals surface area contributed by atoms with Crippen LogP contribution in [0.2, 0.25) is 19.6 Å². The molecule has 0 N–H and O–H groups in total. The van der Waals surface area contributed by atoms with Gasteiger partial charge in [-0.1, -0.05) is 25.6 Å². The summed E-state index contributed by atoms with van der Waals surface area (Å²) in [7, 11) is -0.844. The molecule has 30 heavy (non-hydrogen) atoms. The molecule has 0 aliphatic heterocycles. The van der Waals surface area contributed by atoms with Gasteiger partial charge in [-0.15, -0.1) is 17.3 Å². The first kappa shape index (κ1) is 22.4. The van der Waals surface area contributed by atoms with E-state index in [1.807, 2.05) is 19.6 Å². The largest absolute Gasteiger partial charge is 0.431 e. The number of hydrogen-bond acceptors (Lipinski definition) is 3. The lowest BCUT2D eigenvalue weighted by Crippen LogP contribution is -2.41. The van der Waals surface area contributed by atoms with Crippen LogP contribution >= 0.6 is 11.8 Å². The lowest BCUT2D eigenvalue weighted by atomic mass is 10.2. The van der Waals surface area contributed by atoms with Crippen LogP contribution in [0.1, 0.15) is 24.1 Å². The minimum Gasteiger partial charge on any atom is -0.292 e. The van der Waals surface area contributed by atoms with Crippen molar-refractivity contribution in [1.29, 1.82) is 0 Å². The lowest BCUT2D eigenvalue weighted by Gasteiger charge is -2.15. The smallest absolute Gasteiger partial charge is 0.292 e.